The number of carbonyl (C=O) groups excluding carboxylic acids is 1. The van der Waals surface area contributed by atoms with Crippen molar-refractivity contribution in [3.05, 3.63) is 10.4 Å². The molecule has 1 amide bonds. The van der Waals surface area contributed by atoms with E-state index in [1.54, 1.807) is 4.90 Å². The normalized spacial score (nSPS) is 24.8. The van der Waals surface area contributed by atoms with Gasteiger partial charge in [-0.3, -0.25) is 0 Å². The third-order valence-corrected chi connectivity index (χ3v) is 3.56. The first kappa shape index (κ1) is 13.0. The molecule has 1 saturated heterocycles. The highest BCUT2D eigenvalue weighted by Crippen LogP contribution is 2.54. The highest BCUT2D eigenvalue weighted by molar-refractivity contribution is 5.69. The van der Waals surface area contributed by atoms with Crippen LogP contribution in [0.15, 0.2) is 5.11 Å². The van der Waals surface area contributed by atoms with Crippen LogP contribution < -0.4 is 0 Å². The summed E-state index contributed by atoms with van der Waals surface area (Å²) in [4.78, 5) is 16.6. The number of rotatable bonds is 2. The number of ether oxygens (including phenoxy) is 1. The van der Waals surface area contributed by atoms with Crippen molar-refractivity contribution >= 4 is 6.09 Å². The van der Waals surface area contributed by atoms with Gasteiger partial charge in [0.1, 0.15) is 5.60 Å². The summed E-state index contributed by atoms with van der Waals surface area (Å²) in [7, 11) is 0. The first-order chi connectivity index (χ1) is 8.35. The lowest BCUT2D eigenvalue weighted by Gasteiger charge is -2.27. The molecule has 2 fully saturated rings. The fourth-order valence-electron chi connectivity index (χ4n) is 2.53. The minimum Gasteiger partial charge on any atom is -0.444 e. The number of likely N-dealkylation sites (tertiary alicyclic amines) is 1. The van der Waals surface area contributed by atoms with E-state index in [-0.39, 0.29) is 17.6 Å². The summed E-state index contributed by atoms with van der Waals surface area (Å²) in [5.41, 5.74) is 8.20. The zero-order valence-corrected chi connectivity index (χ0v) is 11.2. The minimum absolute atomic E-state index is 0.00162. The molecule has 18 heavy (non-hydrogen) atoms. The van der Waals surface area contributed by atoms with Crippen LogP contribution in [-0.2, 0) is 4.74 Å². The average Bonchev–Trinajstić information content (AvgIpc) is 2.86. The van der Waals surface area contributed by atoms with Crippen LogP contribution in [0.25, 0.3) is 10.4 Å². The lowest BCUT2D eigenvalue weighted by molar-refractivity contribution is 0.0225. The van der Waals surface area contributed by atoms with Crippen molar-refractivity contribution in [2.24, 2.45) is 10.5 Å². The summed E-state index contributed by atoms with van der Waals surface area (Å²) in [6, 6.07) is -0.00162. The van der Waals surface area contributed by atoms with Crippen molar-refractivity contribution in [1.29, 1.82) is 0 Å². The number of amides is 1. The van der Waals surface area contributed by atoms with Crippen molar-refractivity contribution in [2.45, 2.75) is 51.7 Å². The van der Waals surface area contributed by atoms with Gasteiger partial charge in [0.15, 0.2) is 0 Å². The molecule has 6 heteroatoms. The van der Waals surface area contributed by atoms with Gasteiger partial charge in [-0.1, -0.05) is 5.11 Å². The Bertz CT molecular complexity index is 391. The molecule has 0 aromatic rings. The highest BCUT2D eigenvalue weighted by Gasteiger charge is 2.53. The second-order valence-corrected chi connectivity index (χ2v) is 6.38. The Morgan fingerprint density at radius 3 is 2.72 bits per heavy atom. The third kappa shape index (κ3) is 2.88. The van der Waals surface area contributed by atoms with Crippen molar-refractivity contribution in [3.8, 4) is 0 Å². The van der Waals surface area contributed by atoms with Crippen LogP contribution in [0.2, 0.25) is 0 Å². The van der Waals surface area contributed by atoms with Gasteiger partial charge in [-0.05, 0) is 51.0 Å². The maximum Gasteiger partial charge on any atom is 0.410 e. The predicted molar refractivity (Wildman–Crippen MR) is 67.0 cm³/mol. The second-order valence-electron chi connectivity index (χ2n) is 6.38. The van der Waals surface area contributed by atoms with Gasteiger partial charge in [0.2, 0.25) is 0 Å². The Labute approximate surface area is 107 Å². The zero-order valence-electron chi connectivity index (χ0n) is 11.2. The molecule has 1 spiro atoms. The van der Waals surface area contributed by atoms with Gasteiger partial charge in [-0.25, -0.2) is 4.79 Å². The zero-order chi connectivity index (χ0) is 13.4. The lowest BCUT2D eigenvalue weighted by atomic mass is 10.0. The van der Waals surface area contributed by atoms with Crippen molar-refractivity contribution in [1.82, 2.24) is 4.90 Å². The maximum atomic E-state index is 12.1. The summed E-state index contributed by atoms with van der Waals surface area (Å²) in [5.74, 6) is 0. The van der Waals surface area contributed by atoms with E-state index in [1.165, 1.54) is 12.8 Å². The van der Waals surface area contributed by atoms with Crippen LogP contribution >= 0.6 is 0 Å². The summed E-state index contributed by atoms with van der Waals surface area (Å²) in [5, 5.41) is 3.61. The molecule has 1 saturated carbocycles. The van der Waals surface area contributed by atoms with E-state index in [1.807, 2.05) is 20.8 Å². The van der Waals surface area contributed by atoms with Gasteiger partial charge >= 0.3 is 6.09 Å². The molecule has 1 aliphatic heterocycles. The topological polar surface area (TPSA) is 78.3 Å². The third-order valence-electron chi connectivity index (χ3n) is 3.56. The summed E-state index contributed by atoms with van der Waals surface area (Å²) >= 11 is 0. The largest absolute Gasteiger partial charge is 0.444 e. The molecule has 0 aromatic heterocycles. The molecule has 2 rings (SSSR count). The molecule has 2 aliphatic rings. The number of hydrogen-bond donors (Lipinski definition) is 0. The quantitative estimate of drug-likeness (QED) is 0.430. The van der Waals surface area contributed by atoms with E-state index in [2.05, 4.69) is 10.0 Å². The van der Waals surface area contributed by atoms with E-state index >= 15 is 0 Å². The molecule has 1 aliphatic carbocycles. The predicted octanol–water partition coefficient (Wildman–Crippen LogP) is 3.09. The smallest absolute Gasteiger partial charge is 0.410 e. The van der Waals surface area contributed by atoms with E-state index < -0.39 is 5.60 Å². The molecule has 0 radical (unpaired) electrons. The Morgan fingerprint density at radius 1 is 1.56 bits per heavy atom. The molecule has 0 unspecified atom stereocenters. The maximum absolute atomic E-state index is 12.1. The number of carbonyl (C=O) groups is 1. The van der Waals surface area contributed by atoms with Crippen LogP contribution in [-0.4, -0.2) is 35.7 Å². The molecular formula is C12H20N4O2. The summed E-state index contributed by atoms with van der Waals surface area (Å²) < 4.78 is 5.41. The van der Waals surface area contributed by atoms with Crippen molar-refractivity contribution in [3.63, 3.8) is 0 Å². The summed E-state index contributed by atoms with van der Waals surface area (Å²) in [6.07, 6.45) is 2.98. The van der Waals surface area contributed by atoms with Crippen LogP contribution in [0.5, 0.6) is 0 Å². The molecule has 0 N–H and O–H groups in total. The average molecular weight is 252 g/mol. The van der Waals surface area contributed by atoms with Gasteiger partial charge in [-0.2, -0.15) is 0 Å². The van der Waals surface area contributed by atoms with Crippen LogP contribution in [0.4, 0.5) is 4.79 Å². The number of azide groups is 1. The van der Waals surface area contributed by atoms with Crippen LogP contribution in [0.3, 0.4) is 0 Å². The van der Waals surface area contributed by atoms with Crippen LogP contribution in [0.1, 0.15) is 40.0 Å². The Balaban J connectivity index is 2.04. The second kappa shape index (κ2) is 4.35. The Kier molecular flexibility index (Phi) is 3.15. The minimum atomic E-state index is -0.487. The first-order valence-corrected chi connectivity index (χ1v) is 6.36. The molecule has 1 heterocycles. The molecular weight excluding hydrogens is 232 g/mol. The number of nitrogens with zero attached hydrogens (tertiary/aromatic N) is 4. The van der Waals surface area contributed by atoms with E-state index in [0.717, 1.165) is 13.0 Å². The van der Waals surface area contributed by atoms with E-state index in [4.69, 9.17) is 10.3 Å². The SMILES string of the molecule is CC(C)(C)OC(=O)N1CC2(CC2)C[C@@H]1CN=[N+]=[N-]. The van der Waals surface area contributed by atoms with Crippen LogP contribution in [0, 0.1) is 5.41 Å². The van der Waals surface area contributed by atoms with E-state index in [9.17, 15) is 4.79 Å². The van der Waals surface area contributed by atoms with Crippen molar-refractivity contribution in [2.75, 3.05) is 13.1 Å². The molecule has 0 aromatic carbocycles. The van der Waals surface area contributed by atoms with Gasteiger partial charge in [0.05, 0.1) is 0 Å². The standard InChI is InChI=1S/C12H20N4O2/c1-11(2,3)18-10(17)16-8-12(4-5-12)6-9(16)7-14-15-13/h9H,4-8H2,1-3H3/t9-/m1/s1. The highest BCUT2D eigenvalue weighted by atomic mass is 16.6. The fourth-order valence-corrected chi connectivity index (χ4v) is 2.53. The van der Waals surface area contributed by atoms with Gasteiger partial charge in [0, 0.05) is 24.0 Å². The van der Waals surface area contributed by atoms with Gasteiger partial charge in [0.25, 0.3) is 0 Å². The molecule has 0 bridgehead atoms. The monoisotopic (exact) mass is 252 g/mol. The molecule has 100 valence electrons. The Morgan fingerprint density at radius 2 is 2.22 bits per heavy atom. The molecule has 1 atom stereocenters. The fraction of sp³-hybridized carbons (Fsp3) is 0.917. The van der Waals surface area contributed by atoms with Gasteiger partial charge in [-0.15, -0.1) is 0 Å². The Hall–Kier alpha value is -1.42. The molecule has 6 nitrogen and oxygen atoms in total. The summed E-state index contributed by atoms with van der Waals surface area (Å²) in [6.45, 7) is 6.66. The number of hydrogen-bond acceptors (Lipinski definition) is 3. The van der Waals surface area contributed by atoms with Gasteiger partial charge < -0.3 is 9.64 Å². The van der Waals surface area contributed by atoms with E-state index in [0.29, 0.717) is 6.54 Å². The first-order valence-electron chi connectivity index (χ1n) is 6.36. The van der Waals surface area contributed by atoms with Crippen molar-refractivity contribution < 1.29 is 9.53 Å². The lowest BCUT2D eigenvalue weighted by Crippen LogP contribution is -2.41.